The molecular formula is C19H26N2O2. The number of ether oxygens (including phenoxy) is 1. The Kier molecular flexibility index (Phi) is 4.25. The van der Waals surface area contributed by atoms with Gasteiger partial charge in [-0.2, -0.15) is 0 Å². The molecule has 2 atom stereocenters. The topological polar surface area (TPSA) is 41.6 Å². The molecule has 1 N–H and O–H groups in total. The first kappa shape index (κ1) is 15.0. The Balaban J connectivity index is 1.25. The zero-order chi connectivity index (χ0) is 15.6. The molecule has 1 aromatic rings. The van der Waals surface area contributed by atoms with Crippen LogP contribution in [0.3, 0.4) is 0 Å². The summed E-state index contributed by atoms with van der Waals surface area (Å²) in [7, 11) is 0. The van der Waals surface area contributed by atoms with Gasteiger partial charge in [0.05, 0.1) is 0 Å². The molecule has 0 aromatic heterocycles. The van der Waals surface area contributed by atoms with Crippen molar-refractivity contribution in [2.45, 2.75) is 38.1 Å². The van der Waals surface area contributed by atoms with E-state index in [0.29, 0.717) is 18.4 Å². The van der Waals surface area contributed by atoms with Crippen molar-refractivity contribution < 1.29 is 9.53 Å². The number of likely N-dealkylation sites (tertiary alicyclic amines) is 1. The van der Waals surface area contributed by atoms with Gasteiger partial charge in [0.15, 0.2) is 0 Å². The van der Waals surface area contributed by atoms with Crippen LogP contribution in [0.4, 0.5) is 4.79 Å². The third kappa shape index (κ3) is 3.52. The van der Waals surface area contributed by atoms with E-state index in [1.54, 1.807) is 0 Å². The van der Waals surface area contributed by atoms with E-state index >= 15 is 0 Å². The van der Waals surface area contributed by atoms with Crippen LogP contribution in [0.2, 0.25) is 0 Å². The second kappa shape index (κ2) is 6.52. The number of rotatable bonds is 4. The molecule has 2 amide bonds. The molecule has 2 heterocycles. The average molecular weight is 314 g/mol. The van der Waals surface area contributed by atoms with Crippen molar-refractivity contribution in [3.05, 3.63) is 35.4 Å². The number of nitrogens with zero attached hydrogens (tertiary/aromatic N) is 1. The Hall–Kier alpha value is -1.55. The van der Waals surface area contributed by atoms with Gasteiger partial charge in [0.25, 0.3) is 0 Å². The number of carbonyl (C=O) groups excluding carboxylic acids is 1. The molecular weight excluding hydrogens is 288 g/mol. The van der Waals surface area contributed by atoms with Crippen molar-refractivity contribution in [2.24, 2.45) is 11.8 Å². The maximum Gasteiger partial charge on any atom is 0.317 e. The summed E-state index contributed by atoms with van der Waals surface area (Å²) >= 11 is 0. The highest BCUT2D eigenvalue weighted by molar-refractivity contribution is 5.74. The van der Waals surface area contributed by atoms with Crippen LogP contribution in [0.15, 0.2) is 24.3 Å². The highest BCUT2D eigenvalue weighted by Gasteiger charge is 2.33. The number of hydrogen-bond donors (Lipinski definition) is 1. The van der Waals surface area contributed by atoms with Crippen molar-refractivity contribution >= 4 is 6.03 Å². The maximum absolute atomic E-state index is 12.3. The van der Waals surface area contributed by atoms with Crippen molar-refractivity contribution in [1.82, 2.24) is 10.2 Å². The van der Waals surface area contributed by atoms with E-state index in [0.717, 1.165) is 45.1 Å². The molecule has 0 bridgehead atoms. The third-order valence-electron chi connectivity index (χ3n) is 5.62. The standard InChI is InChI=1S/C19H26N2O2/c22-19(21-9-7-17(12-21)18-8-10-23-13-18)20-11-14-1-3-15(4-2-14)16-5-6-16/h1-4,16-18H,5-13H2,(H,20,22)/t17-,18+/m1/s1. The number of hydrogen-bond acceptors (Lipinski definition) is 2. The molecule has 0 radical (unpaired) electrons. The second-order valence-electron chi connectivity index (χ2n) is 7.29. The molecule has 0 unspecified atom stereocenters. The zero-order valence-electron chi connectivity index (χ0n) is 13.7. The average Bonchev–Trinajstić information content (AvgIpc) is 3.08. The third-order valence-corrected chi connectivity index (χ3v) is 5.62. The maximum atomic E-state index is 12.3. The van der Waals surface area contributed by atoms with Gasteiger partial charge in [0, 0.05) is 32.8 Å². The number of nitrogens with one attached hydrogen (secondary N) is 1. The predicted octanol–water partition coefficient (Wildman–Crippen LogP) is 3.13. The van der Waals surface area contributed by atoms with Gasteiger partial charge in [-0.3, -0.25) is 0 Å². The number of carbonyl (C=O) groups is 1. The number of urea groups is 1. The lowest BCUT2D eigenvalue weighted by Crippen LogP contribution is -2.38. The Bertz CT molecular complexity index is 547. The Morgan fingerprint density at radius 3 is 2.65 bits per heavy atom. The molecule has 1 aromatic carbocycles. The quantitative estimate of drug-likeness (QED) is 0.927. The molecule has 2 aliphatic heterocycles. The monoisotopic (exact) mass is 314 g/mol. The highest BCUT2D eigenvalue weighted by Crippen LogP contribution is 2.39. The fourth-order valence-corrected chi connectivity index (χ4v) is 3.89. The fraction of sp³-hybridized carbons (Fsp3) is 0.632. The van der Waals surface area contributed by atoms with Crippen molar-refractivity contribution in [3.63, 3.8) is 0 Å². The minimum absolute atomic E-state index is 0.0812. The summed E-state index contributed by atoms with van der Waals surface area (Å²) in [6, 6.07) is 8.81. The lowest BCUT2D eigenvalue weighted by Gasteiger charge is -2.19. The van der Waals surface area contributed by atoms with E-state index in [4.69, 9.17) is 4.74 Å². The first-order chi connectivity index (χ1) is 11.3. The fourth-order valence-electron chi connectivity index (χ4n) is 3.89. The van der Waals surface area contributed by atoms with Crippen molar-refractivity contribution in [3.8, 4) is 0 Å². The lowest BCUT2D eigenvalue weighted by atomic mass is 9.91. The summed E-state index contributed by atoms with van der Waals surface area (Å²) in [6.45, 7) is 4.17. The predicted molar refractivity (Wildman–Crippen MR) is 89.3 cm³/mol. The SMILES string of the molecule is O=C(NCc1ccc(C2CC2)cc1)N1CC[C@@H]([C@H]2CCOC2)C1. The van der Waals surface area contributed by atoms with E-state index in [2.05, 4.69) is 29.6 Å². The van der Waals surface area contributed by atoms with E-state index in [1.165, 1.54) is 24.0 Å². The number of amides is 2. The van der Waals surface area contributed by atoms with Crippen LogP contribution in [0.5, 0.6) is 0 Å². The van der Waals surface area contributed by atoms with E-state index in [-0.39, 0.29) is 6.03 Å². The number of benzene rings is 1. The van der Waals surface area contributed by atoms with Crippen LogP contribution in [0, 0.1) is 11.8 Å². The van der Waals surface area contributed by atoms with Gasteiger partial charge in [0.1, 0.15) is 0 Å². The van der Waals surface area contributed by atoms with Gasteiger partial charge in [-0.15, -0.1) is 0 Å². The summed E-state index contributed by atoms with van der Waals surface area (Å²) in [4.78, 5) is 14.3. The van der Waals surface area contributed by atoms with Crippen molar-refractivity contribution in [2.75, 3.05) is 26.3 Å². The first-order valence-electron chi connectivity index (χ1n) is 8.99. The first-order valence-corrected chi connectivity index (χ1v) is 8.99. The molecule has 4 rings (SSSR count). The molecule has 3 aliphatic rings. The molecule has 124 valence electrons. The van der Waals surface area contributed by atoms with Gasteiger partial charge in [0.2, 0.25) is 0 Å². The van der Waals surface area contributed by atoms with Crippen LogP contribution >= 0.6 is 0 Å². The second-order valence-corrected chi connectivity index (χ2v) is 7.29. The molecule has 1 aliphatic carbocycles. The molecule has 3 fully saturated rings. The van der Waals surface area contributed by atoms with Crippen LogP contribution < -0.4 is 5.32 Å². The molecule has 0 spiro atoms. The molecule has 4 heteroatoms. The summed E-state index contributed by atoms with van der Waals surface area (Å²) < 4.78 is 5.48. The van der Waals surface area contributed by atoms with E-state index in [1.807, 2.05) is 4.90 Å². The zero-order valence-corrected chi connectivity index (χ0v) is 13.7. The summed E-state index contributed by atoms with van der Waals surface area (Å²) in [5.74, 6) is 2.07. The van der Waals surface area contributed by atoms with Gasteiger partial charge >= 0.3 is 6.03 Å². The van der Waals surface area contributed by atoms with Gasteiger partial charge < -0.3 is 15.0 Å². The van der Waals surface area contributed by atoms with E-state index < -0.39 is 0 Å². The van der Waals surface area contributed by atoms with Crippen LogP contribution in [0.25, 0.3) is 0 Å². The van der Waals surface area contributed by atoms with Gasteiger partial charge in [-0.05, 0) is 54.6 Å². The van der Waals surface area contributed by atoms with Gasteiger partial charge in [-0.1, -0.05) is 24.3 Å². The van der Waals surface area contributed by atoms with Crippen LogP contribution in [-0.2, 0) is 11.3 Å². The Labute approximate surface area is 138 Å². The summed E-state index contributed by atoms with van der Waals surface area (Å²) in [5.41, 5.74) is 2.63. The summed E-state index contributed by atoms with van der Waals surface area (Å²) in [6.07, 6.45) is 4.95. The van der Waals surface area contributed by atoms with Crippen LogP contribution in [0.1, 0.15) is 42.7 Å². The summed E-state index contributed by atoms with van der Waals surface area (Å²) in [5, 5.41) is 3.07. The lowest BCUT2D eigenvalue weighted by molar-refractivity contribution is 0.170. The minimum Gasteiger partial charge on any atom is -0.381 e. The van der Waals surface area contributed by atoms with Crippen LogP contribution in [-0.4, -0.2) is 37.2 Å². The minimum atomic E-state index is 0.0812. The normalized spacial score (nSPS) is 27.4. The largest absolute Gasteiger partial charge is 0.381 e. The smallest absolute Gasteiger partial charge is 0.317 e. The Morgan fingerprint density at radius 1 is 1.13 bits per heavy atom. The molecule has 2 saturated heterocycles. The van der Waals surface area contributed by atoms with E-state index in [9.17, 15) is 4.79 Å². The molecule has 4 nitrogen and oxygen atoms in total. The molecule has 1 saturated carbocycles. The Morgan fingerprint density at radius 2 is 1.96 bits per heavy atom. The molecule has 23 heavy (non-hydrogen) atoms. The van der Waals surface area contributed by atoms with Gasteiger partial charge in [-0.25, -0.2) is 4.79 Å². The highest BCUT2D eigenvalue weighted by atomic mass is 16.5. The van der Waals surface area contributed by atoms with Crippen molar-refractivity contribution in [1.29, 1.82) is 0 Å².